The number of hydrogen-bond donors (Lipinski definition) is 2. The molecule has 0 amide bonds. The monoisotopic (exact) mass is 170 g/mol. The second kappa shape index (κ2) is 3.34. The molecule has 0 aliphatic carbocycles. The number of thiocarbonyl (C=S) groups is 1. The summed E-state index contributed by atoms with van der Waals surface area (Å²) in [6, 6.07) is 0. The molecule has 0 bridgehead atoms. The van der Waals surface area contributed by atoms with Crippen molar-refractivity contribution in [3.63, 3.8) is 0 Å². The molecule has 60 valence electrons. The molecule has 0 saturated heterocycles. The number of nitrogens with one attached hydrogen (secondary N) is 1. The quantitative estimate of drug-likeness (QED) is 0.601. The minimum Gasteiger partial charge on any atom is -0.376 e. The molecule has 1 heterocycles. The van der Waals surface area contributed by atoms with Gasteiger partial charge in [0.1, 0.15) is 5.82 Å². The predicted octanol–water partition coefficient (Wildman–Crippen LogP) is -0.247. The van der Waals surface area contributed by atoms with Gasteiger partial charge in [0.25, 0.3) is 0 Å². The Morgan fingerprint density at radius 1 is 1.91 bits per heavy atom. The standard InChI is InChI=1S/C6H10N4S/c1-10-3-2-8-5(10)4-9-6(7)11/h2-3H,4H2,1H3,(H3,7,9,11). The number of hydrogen-bond acceptors (Lipinski definition) is 2. The number of rotatable bonds is 2. The van der Waals surface area contributed by atoms with Gasteiger partial charge < -0.3 is 15.6 Å². The third-order valence-corrected chi connectivity index (χ3v) is 1.49. The summed E-state index contributed by atoms with van der Waals surface area (Å²) in [6.45, 7) is 0.582. The molecule has 0 aliphatic rings. The van der Waals surface area contributed by atoms with Crippen molar-refractivity contribution in [3.8, 4) is 0 Å². The van der Waals surface area contributed by atoms with E-state index in [2.05, 4.69) is 22.5 Å². The lowest BCUT2D eigenvalue weighted by molar-refractivity contribution is 0.752. The number of nitrogens with two attached hydrogens (primary N) is 1. The summed E-state index contributed by atoms with van der Waals surface area (Å²) in [5.74, 6) is 0.915. The fourth-order valence-corrected chi connectivity index (χ4v) is 0.805. The molecule has 0 aromatic carbocycles. The highest BCUT2D eigenvalue weighted by atomic mass is 32.1. The van der Waals surface area contributed by atoms with E-state index in [1.807, 2.05) is 17.8 Å². The van der Waals surface area contributed by atoms with Crippen LogP contribution in [0.3, 0.4) is 0 Å². The Balaban J connectivity index is 2.51. The fourth-order valence-electron chi connectivity index (χ4n) is 0.733. The summed E-state index contributed by atoms with van der Waals surface area (Å²) in [7, 11) is 1.92. The lowest BCUT2D eigenvalue weighted by Crippen LogP contribution is -2.29. The van der Waals surface area contributed by atoms with Gasteiger partial charge in [0.2, 0.25) is 0 Å². The van der Waals surface area contributed by atoms with Crippen molar-refractivity contribution in [2.24, 2.45) is 12.8 Å². The summed E-state index contributed by atoms with van der Waals surface area (Å²) in [4.78, 5) is 4.07. The molecule has 11 heavy (non-hydrogen) atoms. The molecule has 1 aromatic rings. The molecule has 0 atom stereocenters. The minimum atomic E-state index is 0.299. The van der Waals surface area contributed by atoms with Gasteiger partial charge in [0, 0.05) is 19.4 Å². The summed E-state index contributed by atoms with van der Waals surface area (Å²) < 4.78 is 1.91. The van der Waals surface area contributed by atoms with Crippen LogP contribution in [0.5, 0.6) is 0 Å². The highest BCUT2D eigenvalue weighted by Gasteiger charge is 1.96. The lowest BCUT2D eigenvalue weighted by atomic mass is 10.6. The van der Waals surface area contributed by atoms with E-state index < -0.39 is 0 Å². The smallest absolute Gasteiger partial charge is 0.164 e. The Bertz CT molecular complexity index is 255. The average Bonchev–Trinajstić information content (AvgIpc) is 2.31. The van der Waals surface area contributed by atoms with Crippen LogP contribution in [0, 0.1) is 0 Å². The zero-order valence-electron chi connectivity index (χ0n) is 6.24. The van der Waals surface area contributed by atoms with Gasteiger partial charge in [0.15, 0.2) is 5.11 Å². The van der Waals surface area contributed by atoms with Gasteiger partial charge in [-0.2, -0.15) is 0 Å². The zero-order chi connectivity index (χ0) is 8.27. The Labute approximate surface area is 70.4 Å². The number of imidazole rings is 1. The van der Waals surface area contributed by atoms with Crippen LogP contribution >= 0.6 is 12.2 Å². The van der Waals surface area contributed by atoms with Crippen molar-refractivity contribution in [2.45, 2.75) is 6.54 Å². The molecule has 0 fully saturated rings. The van der Waals surface area contributed by atoms with Crippen LogP contribution in [-0.2, 0) is 13.6 Å². The van der Waals surface area contributed by atoms with E-state index >= 15 is 0 Å². The minimum absolute atomic E-state index is 0.299. The molecular weight excluding hydrogens is 160 g/mol. The van der Waals surface area contributed by atoms with Gasteiger partial charge in [-0.15, -0.1) is 0 Å². The molecule has 4 nitrogen and oxygen atoms in total. The number of aryl methyl sites for hydroxylation is 1. The first kappa shape index (κ1) is 8.00. The van der Waals surface area contributed by atoms with Crippen molar-refractivity contribution in [3.05, 3.63) is 18.2 Å². The van der Waals surface area contributed by atoms with E-state index in [1.165, 1.54) is 0 Å². The molecule has 1 rings (SSSR count). The Morgan fingerprint density at radius 3 is 3.09 bits per heavy atom. The van der Waals surface area contributed by atoms with E-state index in [0.29, 0.717) is 11.7 Å². The molecule has 0 spiro atoms. The molecule has 0 radical (unpaired) electrons. The van der Waals surface area contributed by atoms with Crippen LogP contribution in [0.1, 0.15) is 5.82 Å². The largest absolute Gasteiger partial charge is 0.376 e. The molecular formula is C6H10N4S. The topological polar surface area (TPSA) is 55.9 Å². The van der Waals surface area contributed by atoms with E-state index in [1.54, 1.807) is 6.20 Å². The maximum Gasteiger partial charge on any atom is 0.164 e. The van der Waals surface area contributed by atoms with Crippen LogP contribution in [-0.4, -0.2) is 14.7 Å². The molecule has 0 aliphatic heterocycles. The van der Waals surface area contributed by atoms with Gasteiger partial charge in [-0.1, -0.05) is 0 Å². The van der Waals surface area contributed by atoms with Crippen LogP contribution in [0.4, 0.5) is 0 Å². The zero-order valence-corrected chi connectivity index (χ0v) is 7.06. The highest BCUT2D eigenvalue weighted by molar-refractivity contribution is 7.80. The van der Waals surface area contributed by atoms with Crippen molar-refractivity contribution >= 4 is 17.3 Å². The van der Waals surface area contributed by atoms with Crippen molar-refractivity contribution in [2.75, 3.05) is 0 Å². The van der Waals surface area contributed by atoms with Gasteiger partial charge in [0.05, 0.1) is 6.54 Å². The summed E-state index contributed by atoms with van der Waals surface area (Å²) in [5, 5.41) is 3.11. The fraction of sp³-hybridized carbons (Fsp3) is 0.333. The van der Waals surface area contributed by atoms with Crippen LogP contribution in [0.15, 0.2) is 12.4 Å². The second-order valence-corrected chi connectivity index (χ2v) is 2.61. The maximum absolute atomic E-state index is 5.24. The van der Waals surface area contributed by atoms with Gasteiger partial charge in [-0.25, -0.2) is 4.98 Å². The van der Waals surface area contributed by atoms with Crippen LogP contribution in [0.25, 0.3) is 0 Å². The lowest BCUT2D eigenvalue weighted by Gasteiger charge is -2.02. The summed E-state index contributed by atoms with van der Waals surface area (Å²) in [5.41, 5.74) is 5.24. The number of aromatic nitrogens is 2. The SMILES string of the molecule is Cn1ccnc1CNC(N)=S. The van der Waals surface area contributed by atoms with E-state index in [-0.39, 0.29) is 0 Å². The van der Waals surface area contributed by atoms with Crippen molar-refractivity contribution in [1.82, 2.24) is 14.9 Å². The van der Waals surface area contributed by atoms with Crippen molar-refractivity contribution < 1.29 is 0 Å². The van der Waals surface area contributed by atoms with Gasteiger partial charge in [-0.3, -0.25) is 0 Å². The third-order valence-electron chi connectivity index (χ3n) is 1.34. The summed E-state index contributed by atoms with van der Waals surface area (Å²) >= 11 is 4.64. The van der Waals surface area contributed by atoms with E-state index in [0.717, 1.165) is 5.82 Å². The van der Waals surface area contributed by atoms with Crippen LogP contribution < -0.4 is 11.1 Å². The summed E-state index contributed by atoms with van der Waals surface area (Å²) in [6.07, 6.45) is 3.60. The molecule has 0 saturated carbocycles. The molecule has 5 heteroatoms. The Hall–Kier alpha value is -1.10. The molecule has 0 unspecified atom stereocenters. The van der Waals surface area contributed by atoms with E-state index in [9.17, 15) is 0 Å². The normalized spacial score (nSPS) is 9.55. The van der Waals surface area contributed by atoms with Gasteiger partial charge in [-0.05, 0) is 12.2 Å². The average molecular weight is 170 g/mol. The first-order chi connectivity index (χ1) is 5.20. The molecule has 3 N–H and O–H groups in total. The Kier molecular flexibility index (Phi) is 2.43. The van der Waals surface area contributed by atoms with E-state index in [4.69, 9.17) is 5.73 Å². The van der Waals surface area contributed by atoms with Crippen molar-refractivity contribution in [1.29, 1.82) is 0 Å². The number of nitrogens with zero attached hydrogens (tertiary/aromatic N) is 2. The highest BCUT2D eigenvalue weighted by Crippen LogP contribution is 1.91. The molecule has 1 aromatic heterocycles. The predicted molar refractivity (Wildman–Crippen MR) is 46.8 cm³/mol. The first-order valence-electron chi connectivity index (χ1n) is 3.19. The first-order valence-corrected chi connectivity index (χ1v) is 3.60. The Morgan fingerprint density at radius 2 is 2.64 bits per heavy atom. The maximum atomic E-state index is 5.24. The second-order valence-electron chi connectivity index (χ2n) is 2.17. The third kappa shape index (κ3) is 2.19. The van der Waals surface area contributed by atoms with Crippen LogP contribution in [0.2, 0.25) is 0 Å². The van der Waals surface area contributed by atoms with Gasteiger partial charge >= 0.3 is 0 Å².